The first-order valence-electron chi connectivity index (χ1n) is 10.3. The van der Waals surface area contributed by atoms with Crippen LogP contribution in [0.2, 0.25) is 0 Å². The minimum atomic E-state index is 0.764. The van der Waals surface area contributed by atoms with Crippen molar-refractivity contribution in [2.24, 2.45) is 0 Å². The highest BCUT2D eigenvalue weighted by Crippen LogP contribution is 2.24. The third-order valence-corrected chi connectivity index (χ3v) is 5.46. The first-order chi connectivity index (χ1) is 15.3. The third kappa shape index (κ3) is 4.01. The van der Waals surface area contributed by atoms with E-state index < -0.39 is 0 Å². The Kier molecular flexibility index (Phi) is 5.11. The molecule has 4 heteroatoms. The number of hydrogen-bond acceptors (Lipinski definition) is 3. The number of anilines is 1. The summed E-state index contributed by atoms with van der Waals surface area (Å²) in [6, 6.07) is 33.4. The monoisotopic (exact) mass is 405 g/mol. The standard InChI is InChI=1S/C27H23N3O/c1-31-25-14-12-24(13-15-25)30-19-29-26-17-23(11-16-27(26)30)28-18-20-7-9-22(10-8-20)21-5-3-2-4-6-21/h2-17,19,28H,18H2,1H3. The Bertz CT molecular complexity index is 1290. The Morgan fingerprint density at radius 1 is 0.806 bits per heavy atom. The molecule has 0 bridgehead atoms. The third-order valence-electron chi connectivity index (χ3n) is 5.46. The number of aromatic nitrogens is 2. The van der Waals surface area contributed by atoms with Crippen molar-refractivity contribution in [3.05, 3.63) is 109 Å². The Morgan fingerprint density at radius 3 is 2.29 bits per heavy atom. The van der Waals surface area contributed by atoms with Crippen molar-refractivity contribution >= 4 is 16.7 Å². The zero-order valence-corrected chi connectivity index (χ0v) is 17.3. The number of benzene rings is 4. The SMILES string of the molecule is COc1ccc(-n2cnc3cc(NCc4ccc(-c5ccccc5)cc4)ccc32)cc1. The van der Waals surface area contributed by atoms with Gasteiger partial charge in [-0.25, -0.2) is 4.98 Å². The van der Waals surface area contributed by atoms with E-state index in [2.05, 4.69) is 81.6 Å². The molecule has 0 aliphatic carbocycles. The van der Waals surface area contributed by atoms with E-state index in [1.165, 1.54) is 16.7 Å². The van der Waals surface area contributed by atoms with Crippen LogP contribution in [0.4, 0.5) is 5.69 Å². The molecule has 0 aliphatic rings. The van der Waals surface area contributed by atoms with Crippen molar-refractivity contribution in [1.29, 1.82) is 0 Å². The van der Waals surface area contributed by atoms with Gasteiger partial charge >= 0.3 is 0 Å². The lowest BCUT2D eigenvalue weighted by atomic mass is 10.0. The van der Waals surface area contributed by atoms with Crippen LogP contribution in [0, 0.1) is 0 Å². The van der Waals surface area contributed by atoms with E-state index in [1.807, 2.05) is 36.7 Å². The van der Waals surface area contributed by atoms with Gasteiger partial charge in [-0.05, 0) is 59.2 Å². The predicted octanol–water partition coefficient (Wildman–Crippen LogP) is 6.31. The molecule has 31 heavy (non-hydrogen) atoms. The van der Waals surface area contributed by atoms with Gasteiger partial charge in [-0.1, -0.05) is 54.6 Å². The van der Waals surface area contributed by atoms with Gasteiger partial charge in [0.15, 0.2) is 0 Å². The maximum Gasteiger partial charge on any atom is 0.119 e. The lowest BCUT2D eigenvalue weighted by Gasteiger charge is -2.09. The lowest BCUT2D eigenvalue weighted by molar-refractivity contribution is 0.415. The molecule has 4 nitrogen and oxygen atoms in total. The molecule has 0 amide bonds. The highest BCUT2D eigenvalue weighted by Gasteiger charge is 2.06. The summed E-state index contributed by atoms with van der Waals surface area (Å²) in [5.74, 6) is 0.844. The fourth-order valence-electron chi connectivity index (χ4n) is 3.72. The highest BCUT2D eigenvalue weighted by atomic mass is 16.5. The fourth-order valence-corrected chi connectivity index (χ4v) is 3.72. The van der Waals surface area contributed by atoms with Crippen LogP contribution in [0.25, 0.3) is 27.8 Å². The largest absolute Gasteiger partial charge is 0.497 e. The molecule has 0 atom stereocenters. The van der Waals surface area contributed by atoms with Crippen molar-refractivity contribution in [1.82, 2.24) is 9.55 Å². The van der Waals surface area contributed by atoms with Crippen molar-refractivity contribution in [2.45, 2.75) is 6.54 Å². The molecular weight excluding hydrogens is 382 g/mol. The van der Waals surface area contributed by atoms with Gasteiger partial charge in [-0.3, -0.25) is 4.57 Å². The van der Waals surface area contributed by atoms with Crippen LogP contribution in [-0.4, -0.2) is 16.7 Å². The van der Waals surface area contributed by atoms with Gasteiger partial charge in [0.1, 0.15) is 12.1 Å². The van der Waals surface area contributed by atoms with E-state index in [0.29, 0.717) is 0 Å². The van der Waals surface area contributed by atoms with Crippen molar-refractivity contribution in [2.75, 3.05) is 12.4 Å². The van der Waals surface area contributed by atoms with Crippen molar-refractivity contribution < 1.29 is 4.74 Å². The van der Waals surface area contributed by atoms with Crippen LogP contribution >= 0.6 is 0 Å². The summed E-state index contributed by atoms with van der Waals surface area (Å²) in [7, 11) is 1.67. The number of nitrogens with one attached hydrogen (secondary N) is 1. The summed E-state index contributed by atoms with van der Waals surface area (Å²) in [4.78, 5) is 4.59. The molecule has 4 aromatic carbocycles. The van der Waals surface area contributed by atoms with E-state index in [0.717, 1.165) is 34.7 Å². The molecule has 0 saturated carbocycles. The maximum atomic E-state index is 5.25. The molecule has 5 aromatic rings. The zero-order valence-electron chi connectivity index (χ0n) is 17.3. The Balaban J connectivity index is 1.30. The van der Waals surface area contributed by atoms with Gasteiger partial charge in [-0.2, -0.15) is 0 Å². The lowest BCUT2D eigenvalue weighted by Crippen LogP contribution is -1.99. The number of fused-ring (bicyclic) bond motifs is 1. The second kappa shape index (κ2) is 8.36. The fraction of sp³-hybridized carbons (Fsp3) is 0.0741. The molecule has 0 saturated heterocycles. The molecule has 152 valence electrons. The molecule has 1 N–H and O–H groups in total. The first kappa shape index (κ1) is 18.9. The topological polar surface area (TPSA) is 39.1 Å². The maximum absolute atomic E-state index is 5.25. The van der Waals surface area contributed by atoms with Gasteiger partial charge in [0.2, 0.25) is 0 Å². The van der Waals surface area contributed by atoms with Crippen LogP contribution in [0.5, 0.6) is 5.75 Å². The number of nitrogens with zero attached hydrogens (tertiary/aromatic N) is 2. The number of imidazole rings is 1. The number of rotatable bonds is 6. The molecule has 1 heterocycles. The van der Waals surface area contributed by atoms with Crippen LogP contribution in [0.3, 0.4) is 0 Å². The predicted molar refractivity (Wildman–Crippen MR) is 127 cm³/mol. The van der Waals surface area contributed by atoms with E-state index in [4.69, 9.17) is 4.74 Å². The summed E-state index contributed by atoms with van der Waals surface area (Å²) in [5.41, 5.74) is 7.85. The molecular formula is C27H23N3O. The van der Waals surface area contributed by atoms with E-state index in [9.17, 15) is 0 Å². The quantitative estimate of drug-likeness (QED) is 0.360. The van der Waals surface area contributed by atoms with Crippen LogP contribution < -0.4 is 10.1 Å². The van der Waals surface area contributed by atoms with Crippen LogP contribution in [-0.2, 0) is 6.54 Å². The Labute approximate surface area is 181 Å². The average Bonchev–Trinajstić information content (AvgIpc) is 3.27. The molecule has 1 aromatic heterocycles. The molecule has 5 rings (SSSR count). The Hall–Kier alpha value is -4.05. The molecule has 0 unspecified atom stereocenters. The average molecular weight is 406 g/mol. The summed E-state index contributed by atoms with van der Waals surface area (Å²) in [6.07, 6.45) is 1.86. The van der Waals surface area contributed by atoms with E-state index in [1.54, 1.807) is 7.11 Å². The smallest absolute Gasteiger partial charge is 0.119 e. The van der Waals surface area contributed by atoms with Gasteiger partial charge in [0.05, 0.1) is 18.1 Å². The second-order valence-electron chi connectivity index (χ2n) is 7.43. The minimum absolute atomic E-state index is 0.764. The van der Waals surface area contributed by atoms with Crippen LogP contribution in [0.1, 0.15) is 5.56 Å². The summed E-state index contributed by atoms with van der Waals surface area (Å²) in [6.45, 7) is 0.764. The van der Waals surface area contributed by atoms with Crippen LogP contribution in [0.15, 0.2) is 103 Å². The van der Waals surface area contributed by atoms with Crippen molar-refractivity contribution in [3.8, 4) is 22.6 Å². The normalized spacial score (nSPS) is 10.9. The number of methoxy groups -OCH3 is 1. The minimum Gasteiger partial charge on any atom is -0.497 e. The molecule has 0 fully saturated rings. The van der Waals surface area contributed by atoms with Gasteiger partial charge in [0.25, 0.3) is 0 Å². The van der Waals surface area contributed by atoms with Gasteiger partial charge < -0.3 is 10.1 Å². The van der Waals surface area contributed by atoms with Gasteiger partial charge in [0, 0.05) is 17.9 Å². The van der Waals surface area contributed by atoms with Crippen molar-refractivity contribution in [3.63, 3.8) is 0 Å². The summed E-state index contributed by atoms with van der Waals surface area (Å²) < 4.78 is 7.33. The molecule has 0 aliphatic heterocycles. The summed E-state index contributed by atoms with van der Waals surface area (Å²) in [5, 5.41) is 3.51. The van der Waals surface area contributed by atoms with E-state index in [-0.39, 0.29) is 0 Å². The van der Waals surface area contributed by atoms with Gasteiger partial charge in [-0.15, -0.1) is 0 Å². The highest BCUT2D eigenvalue weighted by molar-refractivity contribution is 5.81. The molecule has 0 radical (unpaired) electrons. The van der Waals surface area contributed by atoms with E-state index >= 15 is 0 Å². The first-order valence-corrected chi connectivity index (χ1v) is 10.3. The second-order valence-corrected chi connectivity index (χ2v) is 7.43. The number of ether oxygens (including phenoxy) is 1. The Morgan fingerprint density at radius 2 is 1.55 bits per heavy atom. The number of hydrogen-bond donors (Lipinski definition) is 1. The molecule has 0 spiro atoms. The zero-order chi connectivity index (χ0) is 21.0. The summed E-state index contributed by atoms with van der Waals surface area (Å²) >= 11 is 0.